The molecule has 0 spiro atoms. The quantitative estimate of drug-likeness (QED) is 0.876. The van der Waals surface area contributed by atoms with Crippen molar-refractivity contribution in [3.05, 3.63) is 35.4 Å². The summed E-state index contributed by atoms with van der Waals surface area (Å²) in [5.41, 5.74) is 1.85. The third-order valence-corrected chi connectivity index (χ3v) is 4.70. The van der Waals surface area contributed by atoms with Gasteiger partial charge in [-0.25, -0.2) is 0 Å². The summed E-state index contributed by atoms with van der Waals surface area (Å²) in [6.07, 6.45) is 8.23. The first kappa shape index (κ1) is 11.8. The van der Waals surface area contributed by atoms with Gasteiger partial charge in [-0.05, 0) is 42.7 Å². The van der Waals surface area contributed by atoms with Crippen molar-refractivity contribution in [1.29, 1.82) is 0 Å². The van der Waals surface area contributed by atoms with E-state index in [1.54, 1.807) is 0 Å². The fourth-order valence-electron chi connectivity index (χ4n) is 3.26. The van der Waals surface area contributed by atoms with Crippen LogP contribution in [0.1, 0.15) is 62.0 Å². The average molecular weight is 244 g/mol. The maximum atomic E-state index is 11.3. The Morgan fingerprint density at radius 3 is 2.17 bits per heavy atom. The van der Waals surface area contributed by atoms with Gasteiger partial charge >= 0.3 is 5.97 Å². The summed E-state index contributed by atoms with van der Waals surface area (Å²) >= 11 is 0. The molecule has 2 aliphatic rings. The van der Waals surface area contributed by atoms with Crippen LogP contribution >= 0.6 is 0 Å². The number of carboxylic acids is 1. The molecule has 18 heavy (non-hydrogen) atoms. The Balaban J connectivity index is 1.79. The third kappa shape index (κ3) is 1.94. The zero-order valence-corrected chi connectivity index (χ0v) is 10.7. The molecule has 0 unspecified atom stereocenters. The van der Waals surface area contributed by atoms with E-state index in [1.807, 2.05) is 12.1 Å². The van der Waals surface area contributed by atoms with Crippen molar-refractivity contribution in [1.82, 2.24) is 0 Å². The first-order valence-electron chi connectivity index (χ1n) is 7.06. The molecular formula is C16H20O2. The summed E-state index contributed by atoms with van der Waals surface area (Å²) in [7, 11) is 0. The van der Waals surface area contributed by atoms with Gasteiger partial charge < -0.3 is 5.11 Å². The third-order valence-electron chi connectivity index (χ3n) is 4.70. The lowest BCUT2D eigenvalue weighted by atomic mass is 9.83. The van der Waals surface area contributed by atoms with E-state index >= 15 is 0 Å². The van der Waals surface area contributed by atoms with Gasteiger partial charge in [-0.3, -0.25) is 4.79 Å². The maximum absolute atomic E-state index is 11.3. The summed E-state index contributed by atoms with van der Waals surface area (Å²) in [5.74, 6) is 0.0423. The normalized spacial score (nSPS) is 22.7. The highest BCUT2D eigenvalue weighted by Crippen LogP contribution is 2.48. The molecule has 1 aromatic rings. The summed E-state index contributed by atoms with van der Waals surface area (Å²) in [6, 6.07) is 8.42. The van der Waals surface area contributed by atoms with E-state index in [4.69, 9.17) is 0 Å². The van der Waals surface area contributed by atoms with Crippen LogP contribution in [0.15, 0.2) is 24.3 Å². The van der Waals surface area contributed by atoms with Gasteiger partial charge in [0.25, 0.3) is 0 Å². The van der Waals surface area contributed by atoms with Crippen LogP contribution in [-0.4, -0.2) is 11.1 Å². The summed E-state index contributed by atoms with van der Waals surface area (Å²) in [5, 5.41) is 9.28. The van der Waals surface area contributed by atoms with Crippen molar-refractivity contribution in [3.63, 3.8) is 0 Å². The predicted molar refractivity (Wildman–Crippen MR) is 70.8 cm³/mol. The first-order chi connectivity index (χ1) is 8.72. The SMILES string of the molecule is O=C(O)C1(c2ccc(C3CCCCC3)cc2)CC1. The maximum Gasteiger partial charge on any atom is 0.314 e. The van der Waals surface area contributed by atoms with Crippen molar-refractivity contribution >= 4 is 5.97 Å². The molecule has 0 aliphatic heterocycles. The highest BCUT2D eigenvalue weighted by atomic mass is 16.4. The Hall–Kier alpha value is -1.31. The molecule has 0 saturated heterocycles. The molecule has 2 heteroatoms. The average Bonchev–Trinajstić information content (AvgIpc) is 3.22. The van der Waals surface area contributed by atoms with E-state index in [0.29, 0.717) is 5.92 Å². The minimum atomic E-state index is -0.659. The molecule has 3 rings (SSSR count). The highest BCUT2D eigenvalue weighted by molar-refractivity contribution is 5.84. The molecule has 0 radical (unpaired) electrons. The van der Waals surface area contributed by atoms with E-state index in [0.717, 1.165) is 18.4 Å². The van der Waals surface area contributed by atoms with E-state index in [9.17, 15) is 9.90 Å². The van der Waals surface area contributed by atoms with E-state index in [-0.39, 0.29) is 0 Å². The molecule has 1 aromatic carbocycles. The number of benzene rings is 1. The zero-order chi connectivity index (χ0) is 12.6. The Morgan fingerprint density at radius 1 is 1.06 bits per heavy atom. The van der Waals surface area contributed by atoms with Gasteiger partial charge in [-0.15, -0.1) is 0 Å². The summed E-state index contributed by atoms with van der Waals surface area (Å²) in [4.78, 5) is 11.3. The molecule has 0 amide bonds. The molecule has 2 saturated carbocycles. The smallest absolute Gasteiger partial charge is 0.314 e. The number of aliphatic carboxylic acids is 1. The van der Waals surface area contributed by atoms with Crippen molar-refractivity contribution in [2.45, 2.75) is 56.3 Å². The second-order valence-electron chi connectivity index (χ2n) is 5.84. The fourth-order valence-corrected chi connectivity index (χ4v) is 3.26. The van der Waals surface area contributed by atoms with Crippen molar-refractivity contribution in [2.75, 3.05) is 0 Å². The van der Waals surface area contributed by atoms with Crippen molar-refractivity contribution < 1.29 is 9.90 Å². The lowest BCUT2D eigenvalue weighted by Crippen LogP contribution is -2.19. The van der Waals surface area contributed by atoms with Crippen LogP contribution in [0, 0.1) is 0 Å². The Labute approximate surface area is 108 Å². The number of carboxylic acid groups (broad SMARTS) is 1. The lowest BCUT2D eigenvalue weighted by molar-refractivity contribution is -0.140. The van der Waals surface area contributed by atoms with Crippen LogP contribution in [0.2, 0.25) is 0 Å². The van der Waals surface area contributed by atoms with Crippen LogP contribution in [0.3, 0.4) is 0 Å². The number of hydrogen-bond donors (Lipinski definition) is 1. The topological polar surface area (TPSA) is 37.3 Å². The highest BCUT2D eigenvalue weighted by Gasteiger charge is 2.51. The Bertz CT molecular complexity index is 437. The molecule has 96 valence electrons. The van der Waals surface area contributed by atoms with Crippen molar-refractivity contribution in [2.24, 2.45) is 0 Å². The second-order valence-corrected chi connectivity index (χ2v) is 5.84. The van der Waals surface area contributed by atoms with Gasteiger partial charge in [0.05, 0.1) is 5.41 Å². The number of carbonyl (C=O) groups is 1. The minimum absolute atomic E-state index is 0.551. The molecular weight excluding hydrogens is 224 g/mol. The van der Waals surface area contributed by atoms with Gasteiger partial charge in [-0.1, -0.05) is 43.5 Å². The van der Waals surface area contributed by atoms with E-state index in [2.05, 4.69) is 12.1 Å². The largest absolute Gasteiger partial charge is 0.481 e. The summed E-state index contributed by atoms with van der Waals surface area (Å²) < 4.78 is 0. The molecule has 1 N–H and O–H groups in total. The van der Waals surface area contributed by atoms with Crippen molar-refractivity contribution in [3.8, 4) is 0 Å². The standard InChI is InChI=1S/C16H20O2/c17-15(18)16(10-11-16)14-8-6-13(7-9-14)12-4-2-1-3-5-12/h6-9,12H,1-5,10-11H2,(H,17,18). The van der Waals surface area contributed by atoms with E-state index in [1.165, 1.54) is 37.7 Å². The summed E-state index contributed by atoms with van der Waals surface area (Å²) in [6.45, 7) is 0. The molecule has 0 heterocycles. The molecule has 2 fully saturated rings. The minimum Gasteiger partial charge on any atom is -0.481 e. The zero-order valence-electron chi connectivity index (χ0n) is 10.7. The van der Waals surface area contributed by atoms with Gasteiger partial charge in [-0.2, -0.15) is 0 Å². The molecule has 2 nitrogen and oxygen atoms in total. The molecule has 0 aromatic heterocycles. The Kier molecular flexibility index (Phi) is 2.89. The van der Waals surface area contributed by atoms with Crippen LogP contribution < -0.4 is 0 Å². The number of hydrogen-bond acceptors (Lipinski definition) is 1. The monoisotopic (exact) mass is 244 g/mol. The first-order valence-corrected chi connectivity index (χ1v) is 7.06. The van der Waals surface area contributed by atoms with Crippen LogP contribution in [-0.2, 0) is 10.2 Å². The van der Waals surface area contributed by atoms with E-state index < -0.39 is 11.4 Å². The number of rotatable bonds is 3. The second kappa shape index (κ2) is 4.42. The Morgan fingerprint density at radius 2 is 1.67 bits per heavy atom. The lowest BCUT2D eigenvalue weighted by Gasteiger charge is -2.22. The molecule has 0 bridgehead atoms. The predicted octanol–water partition coefficient (Wildman–Crippen LogP) is 3.85. The van der Waals surface area contributed by atoms with Crippen LogP contribution in [0.5, 0.6) is 0 Å². The fraction of sp³-hybridized carbons (Fsp3) is 0.562. The van der Waals surface area contributed by atoms with Crippen LogP contribution in [0.4, 0.5) is 0 Å². The van der Waals surface area contributed by atoms with Crippen LogP contribution in [0.25, 0.3) is 0 Å². The van der Waals surface area contributed by atoms with Gasteiger partial charge in [0.1, 0.15) is 0 Å². The van der Waals surface area contributed by atoms with Gasteiger partial charge in [0.15, 0.2) is 0 Å². The molecule has 2 aliphatic carbocycles. The van der Waals surface area contributed by atoms with Gasteiger partial charge in [0, 0.05) is 0 Å². The van der Waals surface area contributed by atoms with Gasteiger partial charge in [0.2, 0.25) is 0 Å². The molecule has 0 atom stereocenters.